The number of nitrogens with one attached hydrogen (secondary N) is 1. The summed E-state index contributed by atoms with van der Waals surface area (Å²) in [5.41, 5.74) is 1.10. The van der Waals surface area contributed by atoms with Crippen LogP contribution in [-0.4, -0.2) is 69.0 Å². The number of benzene rings is 1. The summed E-state index contributed by atoms with van der Waals surface area (Å²) in [4.78, 5) is 16.8. The van der Waals surface area contributed by atoms with Gasteiger partial charge in [0.2, 0.25) is 5.91 Å². The summed E-state index contributed by atoms with van der Waals surface area (Å²) in [5.74, 6) is 0.150. The van der Waals surface area contributed by atoms with Crippen LogP contribution in [0.15, 0.2) is 24.3 Å². The van der Waals surface area contributed by atoms with Gasteiger partial charge in [-0.25, -0.2) is 8.42 Å². The highest BCUT2D eigenvalue weighted by atomic mass is 35.5. The Morgan fingerprint density at radius 3 is 2.60 bits per heavy atom. The quantitative estimate of drug-likeness (QED) is 0.842. The highest BCUT2D eigenvalue weighted by molar-refractivity contribution is 7.91. The molecule has 1 aromatic carbocycles. The smallest absolute Gasteiger partial charge is 0.237 e. The second-order valence-electron chi connectivity index (χ2n) is 6.79. The van der Waals surface area contributed by atoms with E-state index in [2.05, 4.69) is 15.1 Å². The fourth-order valence-corrected chi connectivity index (χ4v) is 5.29. The van der Waals surface area contributed by atoms with Crippen molar-refractivity contribution in [3.63, 3.8) is 0 Å². The van der Waals surface area contributed by atoms with Crippen molar-refractivity contribution in [1.29, 1.82) is 0 Å². The van der Waals surface area contributed by atoms with Gasteiger partial charge in [-0.3, -0.25) is 9.69 Å². The number of hydrogen-bond acceptors (Lipinski definition) is 5. The Balaban J connectivity index is 1.51. The maximum atomic E-state index is 12.4. The summed E-state index contributed by atoms with van der Waals surface area (Å²) in [6.45, 7) is 5.10. The molecule has 1 amide bonds. The van der Waals surface area contributed by atoms with E-state index < -0.39 is 9.84 Å². The van der Waals surface area contributed by atoms with Crippen molar-refractivity contribution in [2.45, 2.75) is 25.4 Å². The van der Waals surface area contributed by atoms with E-state index in [-0.39, 0.29) is 29.5 Å². The van der Waals surface area contributed by atoms with Crippen LogP contribution in [0.2, 0.25) is 5.02 Å². The molecule has 8 heteroatoms. The van der Waals surface area contributed by atoms with Crippen molar-refractivity contribution in [1.82, 2.24) is 10.2 Å². The number of sulfone groups is 1. The van der Waals surface area contributed by atoms with E-state index in [9.17, 15) is 13.2 Å². The molecule has 138 valence electrons. The Kier molecular flexibility index (Phi) is 5.55. The third kappa shape index (κ3) is 4.65. The first-order valence-corrected chi connectivity index (χ1v) is 10.8. The minimum Gasteiger partial charge on any atom is -0.369 e. The second-order valence-corrected chi connectivity index (χ2v) is 9.45. The molecule has 0 radical (unpaired) electrons. The van der Waals surface area contributed by atoms with Crippen molar-refractivity contribution in [2.24, 2.45) is 0 Å². The third-order valence-corrected chi connectivity index (χ3v) is 7.00. The zero-order chi connectivity index (χ0) is 18.0. The lowest BCUT2D eigenvalue weighted by atomic mass is 10.1. The first-order chi connectivity index (χ1) is 11.8. The van der Waals surface area contributed by atoms with Crippen LogP contribution in [0, 0.1) is 0 Å². The lowest BCUT2D eigenvalue weighted by Crippen LogP contribution is -2.55. The van der Waals surface area contributed by atoms with Gasteiger partial charge in [0.05, 0.1) is 17.5 Å². The molecule has 2 atom stereocenters. The van der Waals surface area contributed by atoms with E-state index in [0.29, 0.717) is 6.42 Å². The molecule has 6 nitrogen and oxygen atoms in total. The van der Waals surface area contributed by atoms with Crippen molar-refractivity contribution >= 4 is 33.0 Å². The average Bonchev–Trinajstić information content (AvgIpc) is 2.93. The van der Waals surface area contributed by atoms with Crippen molar-refractivity contribution in [2.75, 3.05) is 42.6 Å². The van der Waals surface area contributed by atoms with E-state index in [4.69, 9.17) is 11.6 Å². The predicted octanol–water partition coefficient (Wildman–Crippen LogP) is 1.15. The van der Waals surface area contributed by atoms with E-state index in [1.165, 1.54) is 0 Å². The number of nitrogens with zero attached hydrogens (tertiary/aromatic N) is 2. The minimum atomic E-state index is -2.98. The van der Waals surface area contributed by atoms with E-state index >= 15 is 0 Å². The molecule has 0 bridgehead atoms. The molecule has 0 aromatic heterocycles. The van der Waals surface area contributed by atoms with Gasteiger partial charge in [-0.15, -0.1) is 0 Å². The van der Waals surface area contributed by atoms with Crippen LogP contribution in [0.4, 0.5) is 5.69 Å². The number of halogens is 1. The fourth-order valence-electron chi connectivity index (χ4n) is 3.44. The first-order valence-electron chi connectivity index (χ1n) is 8.59. The van der Waals surface area contributed by atoms with Crippen LogP contribution >= 0.6 is 11.6 Å². The number of rotatable bonds is 4. The molecule has 2 heterocycles. The van der Waals surface area contributed by atoms with Crippen LogP contribution in [0.1, 0.15) is 13.3 Å². The number of anilines is 1. The molecule has 2 fully saturated rings. The van der Waals surface area contributed by atoms with E-state index in [0.717, 1.165) is 36.9 Å². The Morgan fingerprint density at radius 1 is 1.28 bits per heavy atom. The highest BCUT2D eigenvalue weighted by Crippen LogP contribution is 2.21. The van der Waals surface area contributed by atoms with Crippen LogP contribution in [-0.2, 0) is 14.6 Å². The van der Waals surface area contributed by atoms with Gasteiger partial charge >= 0.3 is 0 Å². The first kappa shape index (κ1) is 18.5. The fraction of sp³-hybridized carbons (Fsp3) is 0.588. The summed E-state index contributed by atoms with van der Waals surface area (Å²) in [6.07, 6.45) is 0.517. The average molecular weight is 386 g/mol. The molecule has 2 aliphatic heterocycles. The summed E-state index contributed by atoms with van der Waals surface area (Å²) in [7, 11) is -2.98. The number of hydrogen-bond donors (Lipinski definition) is 1. The maximum Gasteiger partial charge on any atom is 0.237 e. The minimum absolute atomic E-state index is 0.0635. The number of piperazine rings is 1. The largest absolute Gasteiger partial charge is 0.369 e. The second kappa shape index (κ2) is 7.51. The van der Waals surface area contributed by atoms with Gasteiger partial charge in [0.15, 0.2) is 9.84 Å². The third-order valence-electron chi connectivity index (χ3n) is 4.99. The molecule has 0 spiro atoms. The highest BCUT2D eigenvalue weighted by Gasteiger charge is 2.32. The Hall–Kier alpha value is -1.31. The van der Waals surface area contributed by atoms with E-state index in [1.54, 1.807) is 0 Å². The normalized spacial score (nSPS) is 24.9. The van der Waals surface area contributed by atoms with Crippen molar-refractivity contribution in [3.8, 4) is 0 Å². The van der Waals surface area contributed by atoms with Crippen molar-refractivity contribution in [3.05, 3.63) is 29.3 Å². The summed E-state index contributed by atoms with van der Waals surface area (Å²) >= 11 is 6.05. The van der Waals surface area contributed by atoms with Gasteiger partial charge in [0, 0.05) is 42.9 Å². The Bertz CT molecular complexity index is 732. The standard InChI is InChI=1S/C17H24ClN3O3S/c1-13(17(22)19-15-5-10-25(23,24)12-15)20-6-8-21(9-7-20)16-4-2-3-14(18)11-16/h2-4,11,13,15H,5-10,12H2,1H3,(H,19,22)/t13-,15+/m0/s1. The molecule has 1 aromatic rings. The zero-order valence-corrected chi connectivity index (χ0v) is 15.9. The molecule has 2 aliphatic rings. The van der Waals surface area contributed by atoms with Crippen molar-refractivity contribution < 1.29 is 13.2 Å². The SMILES string of the molecule is C[C@@H](C(=O)N[C@@H]1CCS(=O)(=O)C1)N1CCN(c2cccc(Cl)c2)CC1. The van der Waals surface area contributed by atoms with Gasteiger partial charge in [-0.05, 0) is 31.5 Å². The van der Waals surface area contributed by atoms with Gasteiger partial charge < -0.3 is 10.2 Å². The Labute approximate surface area is 154 Å². The Morgan fingerprint density at radius 2 is 2.00 bits per heavy atom. The number of amides is 1. The molecular formula is C17H24ClN3O3S. The molecule has 0 unspecified atom stereocenters. The molecule has 0 saturated carbocycles. The molecule has 3 rings (SSSR count). The molecule has 1 N–H and O–H groups in total. The lowest BCUT2D eigenvalue weighted by molar-refractivity contribution is -0.126. The molecule has 0 aliphatic carbocycles. The zero-order valence-electron chi connectivity index (χ0n) is 14.3. The summed E-state index contributed by atoms with van der Waals surface area (Å²) in [6, 6.07) is 7.29. The van der Waals surface area contributed by atoms with Crippen LogP contribution in [0.5, 0.6) is 0 Å². The van der Waals surface area contributed by atoms with E-state index in [1.807, 2.05) is 31.2 Å². The van der Waals surface area contributed by atoms with Crippen LogP contribution in [0.3, 0.4) is 0 Å². The lowest BCUT2D eigenvalue weighted by Gasteiger charge is -2.38. The number of carbonyl (C=O) groups excluding carboxylic acids is 1. The van der Waals surface area contributed by atoms with Crippen LogP contribution in [0.25, 0.3) is 0 Å². The van der Waals surface area contributed by atoms with Crippen LogP contribution < -0.4 is 10.2 Å². The summed E-state index contributed by atoms with van der Waals surface area (Å²) < 4.78 is 23.0. The van der Waals surface area contributed by atoms with Gasteiger partial charge in [0.1, 0.15) is 0 Å². The molecule has 25 heavy (non-hydrogen) atoms. The topological polar surface area (TPSA) is 69.7 Å². The molecular weight excluding hydrogens is 362 g/mol. The monoisotopic (exact) mass is 385 g/mol. The maximum absolute atomic E-state index is 12.4. The van der Waals surface area contributed by atoms with Gasteiger partial charge in [0.25, 0.3) is 0 Å². The van der Waals surface area contributed by atoms with Gasteiger partial charge in [-0.1, -0.05) is 17.7 Å². The summed E-state index contributed by atoms with van der Waals surface area (Å²) in [5, 5.41) is 3.61. The number of carbonyl (C=O) groups is 1. The van der Waals surface area contributed by atoms with Gasteiger partial charge in [-0.2, -0.15) is 0 Å². The predicted molar refractivity (Wildman–Crippen MR) is 99.9 cm³/mol. The molecule has 2 saturated heterocycles.